The van der Waals surface area contributed by atoms with Crippen LogP contribution in [0.5, 0.6) is 0 Å². The van der Waals surface area contributed by atoms with Crippen LogP contribution in [0.1, 0.15) is 5.56 Å². The van der Waals surface area contributed by atoms with E-state index < -0.39 is 0 Å². The molecule has 137 heavy (non-hydrogen) atoms. The van der Waals surface area contributed by atoms with E-state index >= 15 is 0 Å². The third-order valence-electron chi connectivity index (χ3n) is 28.2. The van der Waals surface area contributed by atoms with E-state index in [1.54, 1.807) is 0 Å². The lowest BCUT2D eigenvalue weighted by Gasteiger charge is -2.11. The van der Waals surface area contributed by atoms with Gasteiger partial charge in [-0.2, -0.15) is 0 Å². The molecule has 0 amide bonds. The van der Waals surface area contributed by atoms with E-state index in [1.165, 1.54) is 270 Å². The largest absolute Gasteiger partial charge is 0.309 e. The molecule has 23 aromatic carbocycles. The number of rotatable bonds is 10. The van der Waals surface area contributed by atoms with Gasteiger partial charge in [0.2, 0.25) is 0 Å². The molecule has 0 aliphatic rings. The van der Waals surface area contributed by atoms with Crippen molar-refractivity contribution < 1.29 is 0 Å². The molecule has 0 aliphatic carbocycles. The van der Waals surface area contributed by atoms with Crippen molar-refractivity contribution >= 4 is 203 Å². The highest BCUT2D eigenvalue weighted by molar-refractivity contribution is 7.28. The van der Waals surface area contributed by atoms with E-state index in [2.05, 4.69) is 506 Å². The van der Waals surface area contributed by atoms with Crippen LogP contribution >= 0.6 is 34.0 Å². The molecule has 0 unspecified atom stereocenters. The first-order valence-electron chi connectivity index (χ1n) is 47.0. The van der Waals surface area contributed by atoms with Gasteiger partial charge in [0.1, 0.15) is 0 Å². The van der Waals surface area contributed by atoms with E-state index in [0.717, 1.165) is 0 Å². The summed E-state index contributed by atoms with van der Waals surface area (Å²) in [7, 11) is 0. The van der Waals surface area contributed by atoms with Crippen molar-refractivity contribution in [1.82, 2.24) is 13.7 Å². The molecule has 0 spiro atoms. The van der Waals surface area contributed by atoms with E-state index in [4.69, 9.17) is 0 Å². The molecule has 3 nitrogen and oxygen atoms in total. The highest BCUT2D eigenvalue weighted by Crippen LogP contribution is 2.55. The van der Waals surface area contributed by atoms with Crippen LogP contribution in [0.2, 0.25) is 0 Å². The molecule has 29 aromatic rings. The minimum atomic E-state index is 1.17. The number of thiophene rings is 3. The normalized spacial score (nSPS) is 11.8. The lowest BCUT2D eigenvalue weighted by atomic mass is 9.95. The van der Waals surface area contributed by atoms with Crippen LogP contribution in [0.3, 0.4) is 0 Å². The van der Waals surface area contributed by atoms with Gasteiger partial charge in [-0.05, 0) is 174 Å². The fraction of sp³-hybridized carbons (Fsp3) is 0.00763. The van der Waals surface area contributed by atoms with Gasteiger partial charge < -0.3 is 13.7 Å². The molecule has 0 saturated heterocycles. The van der Waals surface area contributed by atoms with Gasteiger partial charge in [0.25, 0.3) is 0 Å². The molecule has 640 valence electrons. The van der Waals surface area contributed by atoms with Gasteiger partial charge in [0.15, 0.2) is 0 Å². The number of para-hydroxylation sites is 3. The summed E-state index contributed by atoms with van der Waals surface area (Å²) in [5, 5.41) is 26.2. The van der Waals surface area contributed by atoms with E-state index in [-0.39, 0.29) is 0 Å². The Kier molecular flexibility index (Phi) is 19.1. The summed E-state index contributed by atoms with van der Waals surface area (Å²) in [6.07, 6.45) is 0. The molecule has 0 atom stereocenters. The molecule has 6 heterocycles. The summed E-state index contributed by atoms with van der Waals surface area (Å²) >= 11 is 5.77. The number of benzene rings is 23. The van der Waals surface area contributed by atoms with Crippen molar-refractivity contribution in [3.8, 4) is 95.0 Å². The summed E-state index contributed by atoms with van der Waals surface area (Å²) < 4.78 is 15.5. The lowest BCUT2D eigenvalue weighted by molar-refractivity contribution is 1.19. The first-order valence-corrected chi connectivity index (χ1v) is 49.4. The number of fused-ring (bicyclic) bond motifs is 31. The zero-order chi connectivity index (χ0) is 90.3. The van der Waals surface area contributed by atoms with Gasteiger partial charge >= 0.3 is 0 Å². The van der Waals surface area contributed by atoms with Crippen LogP contribution in [0.25, 0.3) is 264 Å². The quantitative estimate of drug-likeness (QED) is 0.130. The van der Waals surface area contributed by atoms with Gasteiger partial charge in [0, 0.05) is 142 Å². The van der Waals surface area contributed by atoms with Crippen LogP contribution in [-0.4, -0.2) is 13.7 Å². The van der Waals surface area contributed by atoms with Crippen LogP contribution in [-0.2, 0) is 0 Å². The van der Waals surface area contributed by atoms with Crippen LogP contribution in [0, 0.1) is 6.92 Å². The van der Waals surface area contributed by atoms with Gasteiger partial charge in [-0.25, -0.2) is 0 Å². The highest BCUT2D eigenvalue weighted by Gasteiger charge is 2.29. The zero-order valence-electron chi connectivity index (χ0n) is 74.8. The van der Waals surface area contributed by atoms with Crippen molar-refractivity contribution in [2.75, 3.05) is 0 Å². The highest BCUT2D eigenvalue weighted by atomic mass is 32.1. The summed E-state index contributed by atoms with van der Waals surface area (Å²) in [6, 6.07) is 178. The average Bonchev–Trinajstić information content (AvgIpc) is 1.54. The van der Waals surface area contributed by atoms with Crippen molar-refractivity contribution in [2.45, 2.75) is 6.92 Å². The van der Waals surface area contributed by atoms with Crippen LogP contribution < -0.4 is 0 Å². The first-order chi connectivity index (χ1) is 67.9. The Balaban J connectivity index is 0.000000104. The second-order valence-corrected chi connectivity index (χ2v) is 39.1. The van der Waals surface area contributed by atoms with Gasteiger partial charge in [-0.1, -0.05) is 412 Å². The second kappa shape index (κ2) is 32.8. The second-order valence-electron chi connectivity index (χ2n) is 36.0. The Hall–Kier alpha value is -16.8. The molecule has 0 N–H and O–H groups in total. The number of aromatic nitrogens is 3. The molecular weight excluding hydrogens is 1710 g/mol. The summed E-state index contributed by atoms with van der Waals surface area (Å²) in [6.45, 7) is 2.15. The molecule has 0 bridgehead atoms. The Morgan fingerprint density at radius 3 is 0.876 bits per heavy atom. The van der Waals surface area contributed by atoms with Crippen molar-refractivity contribution in [1.29, 1.82) is 0 Å². The van der Waals surface area contributed by atoms with Crippen LogP contribution in [0.15, 0.2) is 485 Å². The smallest absolute Gasteiger partial charge is 0.0626 e. The Morgan fingerprint density at radius 1 is 0.161 bits per heavy atom. The first kappa shape index (κ1) is 79.9. The summed E-state index contributed by atoms with van der Waals surface area (Å²) in [5.41, 5.74) is 29.7. The maximum Gasteiger partial charge on any atom is 0.0626 e. The topological polar surface area (TPSA) is 14.8 Å². The van der Waals surface area contributed by atoms with Gasteiger partial charge in [-0.15, -0.1) is 34.0 Å². The van der Waals surface area contributed by atoms with Crippen molar-refractivity contribution in [2.24, 2.45) is 0 Å². The standard InChI is InChI=1S/C46H29NS.C44H27NS.C41H27NS/c1-4-12-30(13-5-1)32-20-22-33(23-21-32)34-25-27-42-40(28-34)44-43-39-26-24-35(31-14-6-2-7-15-31)29-41(39)47(36-16-8-3-9-17-36)45(43)37-18-10-11-19-38(37)46(44)48-42;1-3-12-28(13-4-1)30-22-24-37-39(27-30)45(32-16-5-2-6-17-32)43-35-19-9-10-20-36(35)44-42(41(37)43)38-26-31(23-25-40(38)46-44)34-21-11-15-29-14-7-8-18-33(29)34;1-26-19-21-28(22-20-26)31-17-10-18-35-38-37-34-24-23-29(27-11-4-2-5-12-27)25-36(34)42(30-13-6-3-7-14-30)39(37)32-15-8-9-16-33(32)41(38)43-40(31)35/h1-29H;1-27H;2-25H,1H3. The van der Waals surface area contributed by atoms with Crippen molar-refractivity contribution in [3.63, 3.8) is 0 Å². The predicted molar refractivity (Wildman–Crippen MR) is 594 cm³/mol. The average molecular weight is 1800 g/mol. The Morgan fingerprint density at radius 2 is 0.445 bits per heavy atom. The Labute approximate surface area is 803 Å². The minimum Gasteiger partial charge on any atom is -0.309 e. The van der Waals surface area contributed by atoms with Crippen molar-refractivity contribution in [3.05, 3.63) is 491 Å². The summed E-state index contributed by atoms with van der Waals surface area (Å²) in [4.78, 5) is 0. The molecule has 6 heteroatoms. The third-order valence-corrected chi connectivity index (χ3v) is 31.9. The molecule has 29 rings (SSSR count). The number of hydrogen-bond acceptors (Lipinski definition) is 3. The Bertz CT molecular complexity index is 9860. The van der Waals surface area contributed by atoms with E-state index in [0.29, 0.717) is 0 Å². The SMILES string of the molecule is Cc1ccc(-c2cccc3c2sc2c4ccccc4c4c(c5ccc(-c6ccccc6)cc5n4-c4ccccc4)c32)cc1.c1ccc(-c2ccc(-c3ccc4sc5c6ccccc6c6c(c7ccc(-c8ccccc8)cc7n6-c6ccccc6)c5c4c3)cc2)cc1.c1ccc(-c2ccc3c4c5c6cc(-c7cccc8ccccc78)ccc6sc5c5ccccc5c4n(-c4ccccc4)c3c2)cc1. The molecular formula is C131H83N3S3. The molecule has 0 aliphatic heterocycles. The van der Waals surface area contributed by atoms with E-state index in [1.807, 2.05) is 34.0 Å². The van der Waals surface area contributed by atoms with E-state index in [9.17, 15) is 0 Å². The van der Waals surface area contributed by atoms with Crippen LogP contribution in [0.4, 0.5) is 0 Å². The fourth-order valence-corrected chi connectivity index (χ4v) is 25.8. The number of aryl methyl sites for hydroxylation is 1. The predicted octanol–water partition coefficient (Wildman–Crippen LogP) is 38.0. The number of hydrogen-bond donors (Lipinski definition) is 0. The molecule has 0 saturated carbocycles. The monoisotopic (exact) mass is 1790 g/mol. The van der Waals surface area contributed by atoms with Gasteiger partial charge in [0.05, 0.1) is 33.1 Å². The lowest BCUT2D eigenvalue weighted by Crippen LogP contribution is -1.94. The molecule has 0 fully saturated rings. The fourth-order valence-electron chi connectivity index (χ4n) is 21.9. The zero-order valence-corrected chi connectivity index (χ0v) is 77.2. The van der Waals surface area contributed by atoms with Gasteiger partial charge in [-0.3, -0.25) is 0 Å². The minimum absolute atomic E-state index is 1.17. The molecule has 0 radical (unpaired) electrons. The maximum absolute atomic E-state index is 2.50. The summed E-state index contributed by atoms with van der Waals surface area (Å²) in [5.74, 6) is 0. The third kappa shape index (κ3) is 13.2. The maximum atomic E-state index is 2.50. The number of nitrogens with zero attached hydrogens (tertiary/aromatic N) is 3. The molecule has 6 aromatic heterocycles.